The van der Waals surface area contributed by atoms with Crippen LogP contribution in [0.4, 0.5) is 19.0 Å². The van der Waals surface area contributed by atoms with Crippen molar-refractivity contribution in [1.29, 1.82) is 0 Å². The largest absolute Gasteiger partial charge is 0.473 e. The molecule has 98 valence electrons. The van der Waals surface area contributed by atoms with Crippen molar-refractivity contribution in [2.75, 3.05) is 31.1 Å². The molecule has 1 aromatic heterocycles. The smallest absolute Gasteiger partial charge is 0.435 e. The van der Waals surface area contributed by atoms with Crippen LogP contribution < -0.4 is 15.0 Å². The summed E-state index contributed by atoms with van der Waals surface area (Å²) in [5.74, 6) is 0.378. The molecule has 18 heavy (non-hydrogen) atoms. The van der Waals surface area contributed by atoms with E-state index in [4.69, 9.17) is 4.74 Å². The molecular weight excluding hydrogens is 249 g/mol. The lowest BCUT2D eigenvalue weighted by atomic mass is 10.2. The summed E-state index contributed by atoms with van der Waals surface area (Å²) in [5.41, 5.74) is -1.02. The summed E-state index contributed by atoms with van der Waals surface area (Å²) >= 11 is 0. The molecule has 0 amide bonds. The van der Waals surface area contributed by atoms with Gasteiger partial charge in [-0.05, 0) is 0 Å². The van der Waals surface area contributed by atoms with Crippen LogP contribution in [0.1, 0.15) is 5.69 Å². The van der Waals surface area contributed by atoms with Crippen molar-refractivity contribution in [2.24, 2.45) is 0 Å². The number of nitrogens with one attached hydrogen (secondary N) is 1. The standard InChI is InChI=1S/C10H11F3N4O/c11-10(12,13)7-4-15-8-9(16-7)18-5-6-3-14-1-2-17(6)8/h4,6,14H,1-3,5H2/t6-/m0/s1. The number of nitrogens with zero attached hydrogens (tertiary/aromatic N) is 3. The highest BCUT2D eigenvalue weighted by Crippen LogP contribution is 2.34. The van der Waals surface area contributed by atoms with Gasteiger partial charge in [-0.25, -0.2) is 9.97 Å². The predicted octanol–water partition coefficient (Wildman–Crippen LogP) is 0.666. The van der Waals surface area contributed by atoms with E-state index in [0.29, 0.717) is 19.0 Å². The fraction of sp³-hybridized carbons (Fsp3) is 0.600. The number of ether oxygens (including phenoxy) is 1. The molecule has 0 unspecified atom stereocenters. The number of hydrogen-bond donors (Lipinski definition) is 1. The van der Waals surface area contributed by atoms with Crippen molar-refractivity contribution in [2.45, 2.75) is 12.2 Å². The minimum Gasteiger partial charge on any atom is -0.473 e. The Morgan fingerprint density at radius 2 is 2.28 bits per heavy atom. The number of piperazine rings is 1. The van der Waals surface area contributed by atoms with E-state index in [1.54, 1.807) is 0 Å². The molecule has 0 bridgehead atoms. The summed E-state index contributed by atoms with van der Waals surface area (Å²) in [6, 6.07) is 0.109. The molecular formula is C10H11F3N4O. The van der Waals surface area contributed by atoms with Crippen molar-refractivity contribution in [3.63, 3.8) is 0 Å². The molecule has 0 aliphatic carbocycles. The Balaban J connectivity index is 1.96. The lowest BCUT2D eigenvalue weighted by Gasteiger charge is -2.40. The molecule has 1 aromatic rings. The Labute approximate surface area is 101 Å². The van der Waals surface area contributed by atoms with Crippen molar-refractivity contribution in [1.82, 2.24) is 15.3 Å². The number of fused-ring (bicyclic) bond motifs is 3. The first-order valence-corrected chi connectivity index (χ1v) is 5.60. The van der Waals surface area contributed by atoms with E-state index in [2.05, 4.69) is 15.3 Å². The third kappa shape index (κ3) is 1.86. The second-order valence-corrected chi connectivity index (χ2v) is 4.24. The Morgan fingerprint density at radius 3 is 3.06 bits per heavy atom. The summed E-state index contributed by atoms with van der Waals surface area (Å²) in [6.07, 6.45) is -3.74. The van der Waals surface area contributed by atoms with Gasteiger partial charge in [0.25, 0.3) is 5.88 Å². The lowest BCUT2D eigenvalue weighted by Crippen LogP contribution is -2.56. The maximum atomic E-state index is 12.5. The quantitative estimate of drug-likeness (QED) is 0.743. The predicted molar refractivity (Wildman–Crippen MR) is 56.5 cm³/mol. The fourth-order valence-electron chi connectivity index (χ4n) is 2.16. The van der Waals surface area contributed by atoms with Gasteiger partial charge in [-0.15, -0.1) is 0 Å². The summed E-state index contributed by atoms with van der Waals surface area (Å²) in [6.45, 7) is 2.54. The van der Waals surface area contributed by atoms with Crippen molar-refractivity contribution in [3.8, 4) is 5.88 Å². The Morgan fingerprint density at radius 1 is 1.44 bits per heavy atom. The summed E-state index contributed by atoms with van der Waals surface area (Å²) in [7, 11) is 0. The average Bonchev–Trinajstić information content (AvgIpc) is 2.37. The molecule has 0 spiro atoms. The van der Waals surface area contributed by atoms with Gasteiger partial charge in [-0.1, -0.05) is 0 Å². The van der Waals surface area contributed by atoms with Gasteiger partial charge >= 0.3 is 6.18 Å². The van der Waals surface area contributed by atoms with Gasteiger partial charge in [0.1, 0.15) is 6.61 Å². The van der Waals surface area contributed by atoms with Gasteiger partial charge in [0, 0.05) is 19.6 Å². The highest BCUT2D eigenvalue weighted by atomic mass is 19.4. The van der Waals surface area contributed by atoms with Crippen LogP contribution in [0.2, 0.25) is 0 Å². The molecule has 3 rings (SSSR count). The maximum absolute atomic E-state index is 12.5. The Hall–Kier alpha value is -1.57. The number of alkyl halides is 3. The number of hydrogen-bond acceptors (Lipinski definition) is 5. The molecule has 0 aromatic carbocycles. The molecule has 0 radical (unpaired) electrons. The molecule has 3 heterocycles. The first kappa shape index (κ1) is 11.5. The minimum absolute atomic E-state index is 0.0250. The van der Waals surface area contributed by atoms with Crippen molar-refractivity contribution >= 4 is 5.82 Å². The molecule has 2 aliphatic rings. The third-order valence-corrected chi connectivity index (χ3v) is 3.05. The maximum Gasteiger partial charge on any atom is 0.435 e. The van der Waals surface area contributed by atoms with E-state index in [9.17, 15) is 13.2 Å². The Kier molecular flexibility index (Phi) is 2.54. The van der Waals surface area contributed by atoms with Crippen LogP contribution in [0.15, 0.2) is 6.20 Å². The molecule has 1 atom stereocenters. The van der Waals surface area contributed by atoms with Crippen LogP contribution in [0, 0.1) is 0 Å². The van der Waals surface area contributed by atoms with Crippen LogP contribution in [-0.4, -0.2) is 42.3 Å². The van der Waals surface area contributed by atoms with E-state index in [-0.39, 0.29) is 11.9 Å². The van der Waals surface area contributed by atoms with Gasteiger partial charge in [-0.2, -0.15) is 13.2 Å². The zero-order valence-corrected chi connectivity index (χ0v) is 9.37. The van der Waals surface area contributed by atoms with Gasteiger partial charge in [-0.3, -0.25) is 0 Å². The number of rotatable bonds is 0. The third-order valence-electron chi connectivity index (χ3n) is 3.05. The normalized spacial score (nSPS) is 23.1. The number of aromatic nitrogens is 2. The van der Waals surface area contributed by atoms with E-state index in [0.717, 1.165) is 19.3 Å². The highest BCUT2D eigenvalue weighted by Gasteiger charge is 2.37. The Bertz CT molecular complexity index is 465. The van der Waals surface area contributed by atoms with Crippen LogP contribution in [0.3, 0.4) is 0 Å². The lowest BCUT2D eigenvalue weighted by molar-refractivity contribution is -0.141. The van der Waals surface area contributed by atoms with Gasteiger partial charge in [0.05, 0.1) is 12.2 Å². The average molecular weight is 260 g/mol. The molecule has 8 heteroatoms. The molecule has 5 nitrogen and oxygen atoms in total. The summed E-state index contributed by atoms with van der Waals surface area (Å²) in [5, 5.41) is 3.20. The topological polar surface area (TPSA) is 50.3 Å². The minimum atomic E-state index is -4.49. The summed E-state index contributed by atoms with van der Waals surface area (Å²) < 4.78 is 42.8. The first-order valence-electron chi connectivity index (χ1n) is 5.60. The number of halogens is 3. The summed E-state index contributed by atoms with van der Waals surface area (Å²) in [4.78, 5) is 9.31. The van der Waals surface area contributed by atoms with Crippen LogP contribution in [0.5, 0.6) is 5.88 Å². The monoisotopic (exact) mass is 260 g/mol. The van der Waals surface area contributed by atoms with Crippen molar-refractivity contribution in [3.05, 3.63) is 11.9 Å². The SMILES string of the molecule is FC(F)(F)c1cnc2c(n1)OC[C@@H]1CNCCN21. The first-order chi connectivity index (χ1) is 8.55. The van der Waals surface area contributed by atoms with E-state index in [1.807, 2.05) is 4.90 Å². The van der Waals surface area contributed by atoms with Crippen LogP contribution in [0.25, 0.3) is 0 Å². The molecule has 2 aliphatic heterocycles. The van der Waals surface area contributed by atoms with Crippen LogP contribution >= 0.6 is 0 Å². The van der Waals surface area contributed by atoms with E-state index >= 15 is 0 Å². The second-order valence-electron chi connectivity index (χ2n) is 4.24. The van der Waals surface area contributed by atoms with E-state index in [1.165, 1.54) is 0 Å². The van der Waals surface area contributed by atoms with E-state index < -0.39 is 11.9 Å². The van der Waals surface area contributed by atoms with Gasteiger partial charge in [0.2, 0.25) is 0 Å². The zero-order valence-electron chi connectivity index (χ0n) is 9.37. The van der Waals surface area contributed by atoms with Gasteiger partial charge < -0.3 is 15.0 Å². The number of anilines is 1. The fourth-order valence-corrected chi connectivity index (χ4v) is 2.16. The van der Waals surface area contributed by atoms with Crippen LogP contribution in [-0.2, 0) is 6.18 Å². The zero-order chi connectivity index (χ0) is 12.8. The van der Waals surface area contributed by atoms with Crippen molar-refractivity contribution < 1.29 is 17.9 Å². The van der Waals surface area contributed by atoms with Gasteiger partial charge in [0.15, 0.2) is 11.5 Å². The molecule has 0 saturated carbocycles. The second kappa shape index (κ2) is 3.98. The molecule has 1 saturated heterocycles. The molecule has 1 N–H and O–H groups in total. The molecule has 1 fully saturated rings. The highest BCUT2D eigenvalue weighted by molar-refractivity contribution is 5.52.